The number of hydrogen-bond donors (Lipinski definition) is 1. The Bertz CT molecular complexity index is 1240. The molecule has 0 aliphatic rings. The van der Waals surface area contributed by atoms with E-state index in [2.05, 4.69) is 0 Å². The fraction of sp³-hybridized carbons (Fsp3) is 0.200. The van der Waals surface area contributed by atoms with Crippen LogP contribution in [0.1, 0.15) is 23.5 Å². The molecule has 0 saturated heterocycles. The number of nitrogens with zero attached hydrogens (tertiary/aromatic N) is 2. The summed E-state index contributed by atoms with van der Waals surface area (Å²) in [4.78, 5) is 24.6. The van der Waals surface area contributed by atoms with Crippen LogP contribution in [0.25, 0.3) is 0 Å². The van der Waals surface area contributed by atoms with Gasteiger partial charge in [0.15, 0.2) is 23.3 Å². The average Bonchev–Trinajstić information content (AvgIpc) is 2.72. The summed E-state index contributed by atoms with van der Waals surface area (Å²) in [7, 11) is 0. The molecule has 0 aliphatic carbocycles. The number of halogens is 6. The minimum atomic E-state index is -2.33. The zero-order valence-electron chi connectivity index (χ0n) is 15.5. The van der Waals surface area contributed by atoms with E-state index in [1.807, 2.05) is 0 Å². The van der Waals surface area contributed by atoms with Crippen LogP contribution in [0.5, 0.6) is 5.88 Å². The number of alkyl halides is 2. The Morgan fingerprint density at radius 3 is 1.71 bits per heavy atom. The molecule has 2 atom stereocenters. The van der Waals surface area contributed by atoms with Crippen LogP contribution in [0.4, 0.5) is 26.3 Å². The quantitative estimate of drug-likeness (QED) is 0.590. The maximum Gasteiger partial charge on any atom is 0.333 e. The summed E-state index contributed by atoms with van der Waals surface area (Å²) in [6.07, 6.45) is -4.65. The standard InChI is InChI=1S/C20H14F6N2O3/c21-12-5-1-3-10(18(12)25)14(23)8-27-16(29)7-17(30)28(20(27)31)9-15(24)11-4-2-6-13(22)19(11)26/h1-7,14-15,29H,8-9H2. The van der Waals surface area contributed by atoms with Crippen molar-refractivity contribution in [3.05, 3.63) is 97.7 Å². The van der Waals surface area contributed by atoms with Gasteiger partial charge in [-0.15, -0.1) is 0 Å². The van der Waals surface area contributed by atoms with E-state index in [0.29, 0.717) is 10.6 Å². The van der Waals surface area contributed by atoms with Crippen molar-refractivity contribution in [2.45, 2.75) is 25.4 Å². The Kier molecular flexibility index (Phi) is 6.23. The Labute approximate surface area is 170 Å². The second kappa shape index (κ2) is 8.70. The van der Waals surface area contributed by atoms with Gasteiger partial charge < -0.3 is 5.11 Å². The number of rotatable bonds is 6. The summed E-state index contributed by atoms with van der Waals surface area (Å²) < 4.78 is 83.8. The first kappa shape index (κ1) is 22.2. The summed E-state index contributed by atoms with van der Waals surface area (Å²) >= 11 is 0. The lowest BCUT2D eigenvalue weighted by atomic mass is 10.1. The van der Waals surface area contributed by atoms with Crippen molar-refractivity contribution in [3.63, 3.8) is 0 Å². The van der Waals surface area contributed by atoms with Crippen molar-refractivity contribution in [3.8, 4) is 5.88 Å². The highest BCUT2D eigenvalue weighted by Gasteiger charge is 2.24. The predicted octanol–water partition coefficient (Wildman–Crippen LogP) is 3.69. The molecule has 2 unspecified atom stereocenters. The molecule has 5 nitrogen and oxygen atoms in total. The molecule has 1 N–H and O–H groups in total. The van der Waals surface area contributed by atoms with Gasteiger partial charge in [-0.05, 0) is 12.1 Å². The van der Waals surface area contributed by atoms with Gasteiger partial charge in [0.25, 0.3) is 5.56 Å². The average molecular weight is 444 g/mol. The highest BCUT2D eigenvalue weighted by atomic mass is 19.2. The first-order valence-electron chi connectivity index (χ1n) is 8.81. The van der Waals surface area contributed by atoms with Gasteiger partial charge in [-0.3, -0.25) is 13.9 Å². The molecule has 31 heavy (non-hydrogen) atoms. The van der Waals surface area contributed by atoms with Gasteiger partial charge in [0, 0.05) is 11.1 Å². The minimum Gasteiger partial charge on any atom is -0.494 e. The van der Waals surface area contributed by atoms with Gasteiger partial charge in [0.05, 0.1) is 19.2 Å². The van der Waals surface area contributed by atoms with Crippen molar-refractivity contribution < 1.29 is 31.4 Å². The fourth-order valence-electron chi connectivity index (χ4n) is 2.99. The second-order valence-electron chi connectivity index (χ2n) is 6.57. The normalized spacial score (nSPS) is 13.2. The molecule has 1 heterocycles. The predicted molar refractivity (Wildman–Crippen MR) is 97.0 cm³/mol. The molecule has 0 saturated carbocycles. The molecule has 3 aromatic rings. The monoisotopic (exact) mass is 444 g/mol. The molecule has 0 amide bonds. The minimum absolute atomic E-state index is 0.239. The lowest BCUT2D eigenvalue weighted by molar-refractivity contribution is 0.253. The zero-order chi connectivity index (χ0) is 22.9. The van der Waals surface area contributed by atoms with Crippen LogP contribution in [-0.4, -0.2) is 14.2 Å². The Morgan fingerprint density at radius 1 is 0.774 bits per heavy atom. The van der Waals surface area contributed by atoms with Crippen LogP contribution in [0.3, 0.4) is 0 Å². The molecule has 3 rings (SSSR count). The zero-order valence-corrected chi connectivity index (χ0v) is 15.5. The number of benzene rings is 2. The van der Waals surface area contributed by atoms with Crippen molar-refractivity contribution in [1.29, 1.82) is 0 Å². The highest BCUT2D eigenvalue weighted by Crippen LogP contribution is 2.26. The fourth-order valence-corrected chi connectivity index (χ4v) is 2.99. The number of aromatic hydroxyl groups is 1. The Balaban J connectivity index is 1.96. The number of hydrogen-bond acceptors (Lipinski definition) is 3. The van der Waals surface area contributed by atoms with Crippen molar-refractivity contribution in [2.75, 3.05) is 0 Å². The molecule has 11 heteroatoms. The van der Waals surface area contributed by atoms with E-state index < -0.39 is 77.0 Å². The first-order valence-corrected chi connectivity index (χ1v) is 8.81. The third-order valence-corrected chi connectivity index (χ3v) is 4.58. The number of aromatic nitrogens is 2. The van der Waals surface area contributed by atoms with Gasteiger partial charge in [0.2, 0.25) is 5.88 Å². The molecule has 0 fully saturated rings. The van der Waals surface area contributed by atoms with E-state index in [1.54, 1.807) is 0 Å². The summed E-state index contributed by atoms with van der Waals surface area (Å²) in [5, 5.41) is 9.86. The lowest BCUT2D eigenvalue weighted by Gasteiger charge is -2.16. The van der Waals surface area contributed by atoms with E-state index in [9.17, 15) is 41.0 Å². The largest absolute Gasteiger partial charge is 0.494 e. The van der Waals surface area contributed by atoms with Crippen LogP contribution >= 0.6 is 0 Å². The third kappa shape index (κ3) is 4.35. The maximum absolute atomic E-state index is 14.5. The molecule has 0 radical (unpaired) electrons. The molecule has 0 spiro atoms. The van der Waals surface area contributed by atoms with E-state index in [-0.39, 0.29) is 4.57 Å². The molecular formula is C20H14F6N2O3. The molecule has 0 bridgehead atoms. The Morgan fingerprint density at radius 2 is 1.23 bits per heavy atom. The van der Waals surface area contributed by atoms with Gasteiger partial charge >= 0.3 is 5.69 Å². The summed E-state index contributed by atoms with van der Waals surface area (Å²) in [6.45, 7) is -2.10. The maximum atomic E-state index is 14.5. The van der Waals surface area contributed by atoms with Gasteiger partial charge in [-0.2, -0.15) is 0 Å². The molecule has 164 valence electrons. The van der Waals surface area contributed by atoms with E-state index in [0.717, 1.165) is 36.4 Å². The smallest absolute Gasteiger partial charge is 0.333 e. The van der Waals surface area contributed by atoms with E-state index in [1.165, 1.54) is 0 Å². The lowest BCUT2D eigenvalue weighted by Crippen LogP contribution is -2.40. The van der Waals surface area contributed by atoms with Crippen molar-refractivity contribution in [1.82, 2.24) is 9.13 Å². The van der Waals surface area contributed by atoms with Crippen LogP contribution in [0.2, 0.25) is 0 Å². The van der Waals surface area contributed by atoms with Crippen molar-refractivity contribution in [2.24, 2.45) is 0 Å². The molecule has 2 aromatic carbocycles. The molecular weight excluding hydrogens is 430 g/mol. The van der Waals surface area contributed by atoms with Crippen molar-refractivity contribution >= 4 is 0 Å². The van der Waals surface area contributed by atoms with Gasteiger partial charge in [-0.25, -0.2) is 31.1 Å². The van der Waals surface area contributed by atoms with Crippen LogP contribution in [-0.2, 0) is 13.1 Å². The summed E-state index contributed by atoms with van der Waals surface area (Å²) in [5.41, 5.74) is -4.07. The van der Waals surface area contributed by atoms with Gasteiger partial charge in [0.1, 0.15) is 12.3 Å². The van der Waals surface area contributed by atoms with Gasteiger partial charge in [-0.1, -0.05) is 24.3 Å². The SMILES string of the molecule is O=c1cc(O)n(CC(F)c2cccc(F)c2F)c(=O)n1CC(F)c1cccc(F)c1F. The Hall–Kier alpha value is -3.50. The molecule has 0 aliphatic heterocycles. The topological polar surface area (TPSA) is 64.2 Å². The second-order valence-corrected chi connectivity index (χ2v) is 6.57. The molecule has 1 aromatic heterocycles. The van der Waals surface area contributed by atoms with Crippen LogP contribution in [0, 0.1) is 23.3 Å². The highest BCUT2D eigenvalue weighted by molar-refractivity contribution is 5.23. The van der Waals surface area contributed by atoms with Crippen LogP contribution in [0.15, 0.2) is 52.1 Å². The van der Waals surface area contributed by atoms with Crippen LogP contribution < -0.4 is 11.2 Å². The van der Waals surface area contributed by atoms with E-state index in [4.69, 9.17) is 0 Å². The van der Waals surface area contributed by atoms with E-state index >= 15 is 0 Å². The summed E-state index contributed by atoms with van der Waals surface area (Å²) in [5.74, 6) is -6.68. The third-order valence-electron chi connectivity index (χ3n) is 4.58. The first-order chi connectivity index (χ1) is 14.6. The summed E-state index contributed by atoms with van der Waals surface area (Å²) in [6, 6.07) is 5.87.